The first-order valence-electron chi connectivity index (χ1n) is 4.88. The molecule has 2 heteroatoms. The Balaban J connectivity index is 2.17. The average molecular weight is 259 g/mol. The van der Waals surface area contributed by atoms with Gasteiger partial charge in [-0.1, -0.05) is 22.9 Å². The summed E-state index contributed by atoms with van der Waals surface area (Å²) >= 11 is 5.79. The first-order chi connectivity index (χ1) is 6.18. The molecule has 1 heterocycles. The second kappa shape index (κ2) is 3.39. The summed E-state index contributed by atoms with van der Waals surface area (Å²) in [6.07, 6.45) is 4.10. The van der Waals surface area contributed by atoms with Crippen LogP contribution >= 0.6 is 27.3 Å². The van der Waals surface area contributed by atoms with Crippen LogP contribution in [0.4, 0.5) is 0 Å². The van der Waals surface area contributed by atoms with Crippen molar-refractivity contribution in [3.63, 3.8) is 0 Å². The minimum Gasteiger partial charge on any atom is -0.145 e. The van der Waals surface area contributed by atoms with Crippen LogP contribution < -0.4 is 0 Å². The summed E-state index contributed by atoms with van der Waals surface area (Å²) in [7, 11) is 0. The predicted octanol–water partition coefficient (Wildman–Crippen LogP) is 4.68. The van der Waals surface area contributed by atoms with Crippen molar-refractivity contribution >= 4 is 27.3 Å². The van der Waals surface area contributed by atoms with E-state index in [9.17, 15) is 0 Å². The van der Waals surface area contributed by atoms with Gasteiger partial charge in [0.05, 0.1) is 4.83 Å². The van der Waals surface area contributed by atoms with Gasteiger partial charge < -0.3 is 0 Å². The Labute approximate surface area is 92.5 Å². The van der Waals surface area contributed by atoms with Gasteiger partial charge in [-0.15, -0.1) is 11.3 Å². The van der Waals surface area contributed by atoms with Crippen LogP contribution in [-0.2, 0) is 0 Å². The second-order valence-corrected chi connectivity index (χ2v) is 6.26. The number of halogens is 1. The maximum Gasteiger partial charge on any atom is 0.0545 e. The van der Waals surface area contributed by atoms with Crippen LogP contribution in [0.2, 0.25) is 0 Å². The van der Waals surface area contributed by atoms with Gasteiger partial charge in [-0.3, -0.25) is 0 Å². The van der Waals surface area contributed by atoms with E-state index in [1.807, 2.05) is 11.3 Å². The highest BCUT2D eigenvalue weighted by atomic mass is 79.9. The summed E-state index contributed by atoms with van der Waals surface area (Å²) in [4.78, 5) is 3.53. The number of thiophene rings is 1. The zero-order valence-electron chi connectivity index (χ0n) is 8.14. The van der Waals surface area contributed by atoms with Gasteiger partial charge in [0.15, 0.2) is 0 Å². The van der Waals surface area contributed by atoms with E-state index in [4.69, 9.17) is 0 Å². The molecule has 0 bridgehead atoms. The van der Waals surface area contributed by atoms with E-state index in [2.05, 4.69) is 41.9 Å². The number of rotatable bonds is 3. The van der Waals surface area contributed by atoms with Crippen LogP contribution in [0.3, 0.4) is 0 Å². The van der Waals surface area contributed by atoms with Gasteiger partial charge in [0.2, 0.25) is 0 Å². The molecule has 0 saturated heterocycles. The SMILES string of the molecule is CCC1(C(Br)c2ccc(C)s2)CC1. The lowest BCUT2D eigenvalue weighted by atomic mass is 9.98. The van der Waals surface area contributed by atoms with E-state index in [-0.39, 0.29) is 0 Å². The van der Waals surface area contributed by atoms with Crippen molar-refractivity contribution in [1.82, 2.24) is 0 Å². The van der Waals surface area contributed by atoms with Crippen LogP contribution in [0.5, 0.6) is 0 Å². The fourth-order valence-electron chi connectivity index (χ4n) is 1.84. The molecule has 0 aliphatic heterocycles. The van der Waals surface area contributed by atoms with Gasteiger partial charge >= 0.3 is 0 Å². The topological polar surface area (TPSA) is 0 Å². The molecule has 1 aliphatic rings. The van der Waals surface area contributed by atoms with Crippen molar-refractivity contribution < 1.29 is 0 Å². The molecule has 1 unspecified atom stereocenters. The van der Waals surface area contributed by atoms with E-state index >= 15 is 0 Å². The van der Waals surface area contributed by atoms with Crippen molar-refractivity contribution in [2.75, 3.05) is 0 Å². The van der Waals surface area contributed by atoms with Gasteiger partial charge in [0.1, 0.15) is 0 Å². The van der Waals surface area contributed by atoms with Gasteiger partial charge in [-0.2, -0.15) is 0 Å². The summed E-state index contributed by atoms with van der Waals surface area (Å²) in [5.74, 6) is 0. The molecule has 0 aromatic carbocycles. The van der Waals surface area contributed by atoms with Crippen molar-refractivity contribution in [1.29, 1.82) is 0 Å². The third-order valence-corrected chi connectivity index (χ3v) is 5.98. The molecule has 0 nitrogen and oxygen atoms in total. The monoisotopic (exact) mass is 258 g/mol. The molecule has 1 atom stereocenters. The van der Waals surface area contributed by atoms with Crippen LogP contribution in [-0.4, -0.2) is 0 Å². The lowest BCUT2D eigenvalue weighted by Gasteiger charge is -2.18. The molecular formula is C11H15BrS. The zero-order chi connectivity index (χ0) is 9.47. The lowest BCUT2D eigenvalue weighted by molar-refractivity contribution is 0.488. The standard InChI is InChI=1S/C11H15BrS/c1-3-11(6-7-11)10(12)9-5-4-8(2)13-9/h4-5,10H,3,6-7H2,1-2H3. The Kier molecular flexibility index (Phi) is 2.54. The Morgan fingerprint density at radius 3 is 2.62 bits per heavy atom. The molecule has 0 amide bonds. The highest BCUT2D eigenvalue weighted by Crippen LogP contribution is 2.61. The first-order valence-corrected chi connectivity index (χ1v) is 6.61. The van der Waals surface area contributed by atoms with Crippen LogP contribution in [0.25, 0.3) is 0 Å². The molecule has 0 N–H and O–H groups in total. The van der Waals surface area contributed by atoms with Gasteiger partial charge in [0, 0.05) is 9.75 Å². The zero-order valence-corrected chi connectivity index (χ0v) is 10.5. The molecule has 72 valence electrons. The fraction of sp³-hybridized carbons (Fsp3) is 0.636. The number of hydrogen-bond donors (Lipinski definition) is 0. The maximum atomic E-state index is 3.85. The van der Waals surface area contributed by atoms with E-state index in [1.54, 1.807) is 0 Å². The average Bonchev–Trinajstić information content (AvgIpc) is 2.82. The van der Waals surface area contributed by atoms with Crippen molar-refractivity contribution in [3.05, 3.63) is 21.9 Å². The van der Waals surface area contributed by atoms with E-state index in [1.165, 1.54) is 29.0 Å². The summed E-state index contributed by atoms with van der Waals surface area (Å²) in [6, 6.07) is 4.50. The normalized spacial score (nSPS) is 21.5. The van der Waals surface area contributed by atoms with E-state index in [0.717, 1.165) is 0 Å². The highest BCUT2D eigenvalue weighted by Gasteiger charge is 2.47. The Bertz CT molecular complexity index is 299. The minimum absolute atomic E-state index is 0.595. The van der Waals surface area contributed by atoms with Gasteiger partial charge in [-0.25, -0.2) is 0 Å². The fourth-order valence-corrected chi connectivity index (χ4v) is 4.05. The minimum atomic E-state index is 0.595. The smallest absolute Gasteiger partial charge is 0.0545 e. The van der Waals surface area contributed by atoms with Crippen LogP contribution in [0.1, 0.15) is 40.8 Å². The molecular weight excluding hydrogens is 244 g/mol. The Morgan fingerprint density at radius 2 is 2.23 bits per heavy atom. The first kappa shape index (κ1) is 9.72. The largest absolute Gasteiger partial charge is 0.145 e. The van der Waals surface area contributed by atoms with Crippen molar-refractivity contribution in [2.45, 2.75) is 37.9 Å². The van der Waals surface area contributed by atoms with Crippen LogP contribution in [0, 0.1) is 12.3 Å². The Hall–Kier alpha value is 0.180. The molecule has 1 saturated carbocycles. The number of aryl methyl sites for hydroxylation is 1. The van der Waals surface area contributed by atoms with Crippen molar-refractivity contribution in [3.8, 4) is 0 Å². The quantitative estimate of drug-likeness (QED) is 0.691. The summed E-state index contributed by atoms with van der Waals surface area (Å²) in [5, 5.41) is 0. The maximum absolute atomic E-state index is 3.85. The summed E-state index contributed by atoms with van der Waals surface area (Å²) in [6.45, 7) is 4.49. The third kappa shape index (κ3) is 1.71. The lowest BCUT2D eigenvalue weighted by Crippen LogP contribution is -2.05. The summed E-state index contributed by atoms with van der Waals surface area (Å²) < 4.78 is 0. The Morgan fingerprint density at radius 1 is 1.54 bits per heavy atom. The molecule has 13 heavy (non-hydrogen) atoms. The predicted molar refractivity (Wildman–Crippen MR) is 62.7 cm³/mol. The van der Waals surface area contributed by atoms with E-state index in [0.29, 0.717) is 10.2 Å². The van der Waals surface area contributed by atoms with Crippen molar-refractivity contribution in [2.24, 2.45) is 5.41 Å². The van der Waals surface area contributed by atoms with Crippen LogP contribution in [0.15, 0.2) is 12.1 Å². The molecule has 1 aromatic heterocycles. The van der Waals surface area contributed by atoms with Gasteiger partial charge in [-0.05, 0) is 43.7 Å². The molecule has 0 radical (unpaired) electrons. The molecule has 1 aliphatic carbocycles. The molecule has 2 rings (SSSR count). The highest BCUT2D eigenvalue weighted by molar-refractivity contribution is 9.09. The van der Waals surface area contributed by atoms with Gasteiger partial charge in [0.25, 0.3) is 0 Å². The molecule has 1 fully saturated rings. The second-order valence-electron chi connectivity index (χ2n) is 4.03. The third-order valence-electron chi connectivity index (χ3n) is 3.14. The molecule has 1 aromatic rings. The summed E-state index contributed by atoms with van der Waals surface area (Å²) in [5.41, 5.74) is 0.595. The number of hydrogen-bond acceptors (Lipinski definition) is 1. The molecule has 0 spiro atoms. The number of alkyl halides is 1. The van der Waals surface area contributed by atoms with E-state index < -0.39 is 0 Å².